The van der Waals surface area contributed by atoms with Crippen LogP contribution in [0, 0.1) is 11.7 Å². The number of imidazole rings is 1. The van der Waals surface area contributed by atoms with Crippen LogP contribution >= 0.6 is 0 Å². The van der Waals surface area contributed by atoms with Gasteiger partial charge in [-0.3, -0.25) is 4.79 Å². The van der Waals surface area contributed by atoms with Gasteiger partial charge < -0.3 is 19.5 Å². The van der Waals surface area contributed by atoms with Crippen LogP contribution in [0.1, 0.15) is 24.0 Å². The van der Waals surface area contributed by atoms with E-state index in [2.05, 4.69) is 14.8 Å². The number of methoxy groups -OCH3 is 1. The molecule has 7 heteroatoms. The van der Waals surface area contributed by atoms with E-state index in [0.29, 0.717) is 13.1 Å². The van der Waals surface area contributed by atoms with Crippen LogP contribution in [0.15, 0.2) is 72.8 Å². The first-order valence-corrected chi connectivity index (χ1v) is 12.0. The van der Waals surface area contributed by atoms with Crippen molar-refractivity contribution in [2.75, 3.05) is 25.1 Å². The molecule has 1 aliphatic rings. The number of nitrogens with one attached hydrogen (secondary N) is 1. The van der Waals surface area contributed by atoms with Crippen molar-refractivity contribution in [1.29, 1.82) is 0 Å². The molecule has 3 aromatic carbocycles. The van der Waals surface area contributed by atoms with Gasteiger partial charge >= 0.3 is 0 Å². The number of rotatable bonds is 7. The number of carbonyl (C=O) groups excluding carboxylic acids is 1. The van der Waals surface area contributed by atoms with Gasteiger partial charge in [0.15, 0.2) is 0 Å². The third-order valence-electron chi connectivity index (χ3n) is 6.61. The summed E-state index contributed by atoms with van der Waals surface area (Å²) < 4.78 is 21.2. The molecule has 2 heterocycles. The molecule has 0 aliphatic carbocycles. The molecule has 1 aliphatic heterocycles. The van der Waals surface area contributed by atoms with Crippen molar-refractivity contribution >= 4 is 22.9 Å². The summed E-state index contributed by atoms with van der Waals surface area (Å²) in [5, 5.41) is 3.08. The Labute approximate surface area is 204 Å². The van der Waals surface area contributed by atoms with Crippen molar-refractivity contribution in [3.63, 3.8) is 0 Å². The van der Waals surface area contributed by atoms with E-state index in [9.17, 15) is 9.18 Å². The fourth-order valence-electron chi connectivity index (χ4n) is 4.74. The lowest BCUT2D eigenvalue weighted by Crippen LogP contribution is -2.41. The summed E-state index contributed by atoms with van der Waals surface area (Å²) in [5.74, 6) is 1.46. The summed E-state index contributed by atoms with van der Waals surface area (Å²) in [4.78, 5) is 20.0. The summed E-state index contributed by atoms with van der Waals surface area (Å²) in [7, 11) is 1.64. The number of aromatic nitrogens is 2. The second-order valence-corrected chi connectivity index (χ2v) is 8.95. The van der Waals surface area contributed by atoms with E-state index in [1.807, 2.05) is 54.6 Å². The van der Waals surface area contributed by atoms with Crippen molar-refractivity contribution in [1.82, 2.24) is 14.9 Å². The molecular formula is C28H29FN4O2. The Morgan fingerprint density at radius 2 is 1.80 bits per heavy atom. The largest absolute Gasteiger partial charge is 0.497 e. The molecule has 0 saturated carbocycles. The lowest BCUT2D eigenvalue weighted by molar-refractivity contribution is -0.125. The van der Waals surface area contributed by atoms with Crippen molar-refractivity contribution in [2.45, 2.75) is 25.9 Å². The third kappa shape index (κ3) is 5.14. The standard InChI is InChI=1S/C28H29FN4O2/c1-35-24-9-5-6-20(17-24)18-30-27(34)22-12-14-32(15-13-22)28-31-25-10-2-3-11-26(25)33(28)19-21-7-4-8-23(29)16-21/h2-11,16-17,22H,12-15,18-19H2,1H3,(H,30,34). The number of hydrogen-bond acceptors (Lipinski definition) is 4. The Kier molecular flexibility index (Phi) is 6.66. The lowest BCUT2D eigenvalue weighted by Gasteiger charge is -2.32. The first-order valence-electron chi connectivity index (χ1n) is 12.0. The van der Waals surface area contributed by atoms with E-state index in [0.717, 1.165) is 59.8 Å². The molecule has 1 fully saturated rings. The van der Waals surface area contributed by atoms with Crippen LogP contribution in [-0.2, 0) is 17.9 Å². The number of amides is 1. The first kappa shape index (κ1) is 22.9. The highest BCUT2D eigenvalue weighted by Gasteiger charge is 2.27. The minimum atomic E-state index is -0.241. The van der Waals surface area contributed by atoms with Gasteiger partial charge in [-0.2, -0.15) is 0 Å². The number of carbonyl (C=O) groups is 1. The van der Waals surface area contributed by atoms with E-state index < -0.39 is 0 Å². The van der Waals surface area contributed by atoms with Gasteiger partial charge in [0.2, 0.25) is 11.9 Å². The zero-order chi connectivity index (χ0) is 24.2. The molecule has 0 radical (unpaired) electrons. The number of para-hydroxylation sites is 2. The van der Waals surface area contributed by atoms with Crippen LogP contribution in [0.2, 0.25) is 0 Å². The number of benzene rings is 3. The van der Waals surface area contributed by atoms with Gasteiger partial charge in [-0.25, -0.2) is 9.37 Å². The van der Waals surface area contributed by atoms with E-state index in [4.69, 9.17) is 9.72 Å². The number of anilines is 1. The molecule has 0 spiro atoms. The van der Waals surface area contributed by atoms with Crippen LogP contribution in [0.3, 0.4) is 0 Å². The summed E-state index contributed by atoms with van der Waals surface area (Å²) in [6.45, 7) is 2.50. The Morgan fingerprint density at radius 1 is 1.03 bits per heavy atom. The number of fused-ring (bicyclic) bond motifs is 1. The quantitative estimate of drug-likeness (QED) is 0.421. The highest BCUT2D eigenvalue weighted by molar-refractivity contribution is 5.80. The number of hydrogen-bond donors (Lipinski definition) is 1. The monoisotopic (exact) mass is 472 g/mol. The average Bonchev–Trinajstić information content (AvgIpc) is 3.26. The second-order valence-electron chi connectivity index (χ2n) is 8.95. The number of piperidine rings is 1. The molecule has 0 unspecified atom stereocenters. The molecule has 1 N–H and O–H groups in total. The molecule has 1 saturated heterocycles. The molecule has 0 atom stereocenters. The summed E-state index contributed by atoms with van der Waals surface area (Å²) >= 11 is 0. The van der Waals surface area contributed by atoms with Gasteiger partial charge in [-0.05, 0) is 60.4 Å². The van der Waals surface area contributed by atoms with Gasteiger partial charge in [0.1, 0.15) is 11.6 Å². The van der Waals surface area contributed by atoms with E-state index in [-0.39, 0.29) is 17.6 Å². The van der Waals surface area contributed by atoms with Crippen LogP contribution in [0.25, 0.3) is 11.0 Å². The van der Waals surface area contributed by atoms with Crippen LogP contribution in [0.4, 0.5) is 10.3 Å². The smallest absolute Gasteiger partial charge is 0.223 e. The average molecular weight is 473 g/mol. The van der Waals surface area contributed by atoms with Gasteiger partial charge in [0.25, 0.3) is 0 Å². The summed E-state index contributed by atoms with van der Waals surface area (Å²) in [6, 6.07) is 22.4. The van der Waals surface area contributed by atoms with Gasteiger partial charge in [-0.15, -0.1) is 0 Å². The molecule has 4 aromatic rings. The molecule has 1 aromatic heterocycles. The minimum Gasteiger partial charge on any atom is -0.497 e. The molecular weight excluding hydrogens is 443 g/mol. The van der Waals surface area contributed by atoms with Crippen LogP contribution < -0.4 is 15.0 Å². The first-order chi connectivity index (χ1) is 17.1. The SMILES string of the molecule is COc1cccc(CNC(=O)C2CCN(c3nc4ccccc4n3Cc3cccc(F)c3)CC2)c1. The van der Waals surface area contributed by atoms with Gasteiger partial charge in [-0.1, -0.05) is 36.4 Å². The van der Waals surface area contributed by atoms with Crippen molar-refractivity contribution in [3.8, 4) is 5.75 Å². The molecule has 6 nitrogen and oxygen atoms in total. The zero-order valence-electron chi connectivity index (χ0n) is 19.8. The molecule has 0 bridgehead atoms. The third-order valence-corrected chi connectivity index (χ3v) is 6.61. The number of nitrogens with zero attached hydrogens (tertiary/aromatic N) is 3. The Morgan fingerprint density at radius 3 is 2.60 bits per heavy atom. The summed E-state index contributed by atoms with van der Waals surface area (Å²) in [6.07, 6.45) is 1.51. The van der Waals surface area contributed by atoms with Gasteiger partial charge in [0.05, 0.1) is 24.7 Å². The predicted octanol–water partition coefficient (Wildman–Crippen LogP) is 4.77. The molecule has 1 amide bonds. The maximum Gasteiger partial charge on any atom is 0.223 e. The Bertz CT molecular complexity index is 1330. The Hall–Kier alpha value is -3.87. The van der Waals surface area contributed by atoms with Crippen molar-refractivity contribution < 1.29 is 13.9 Å². The fraction of sp³-hybridized carbons (Fsp3) is 0.286. The summed E-state index contributed by atoms with van der Waals surface area (Å²) in [5.41, 5.74) is 3.84. The molecule has 180 valence electrons. The lowest BCUT2D eigenvalue weighted by atomic mass is 9.96. The van der Waals surface area contributed by atoms with E-state index in [1.54, 1.807) is 19.2 Å². The highest BCUT2D eigenvalue weighted by Crippen LogP contribution is 2.28. The number of halogens is 1. The van der Waals surface area contributed by atoms with Gasteiger partial charge in [0, 0.05) is 25.6 Å². The van der Waals surface area contributed by atoms with Crippen LogP contribution in [-0.4, -0.2) is 35.7 Å². The normalized spacial score (nSPS) is 14.3. The fourth-order valence-corrected chi connectivity index (χ4v) is 4.74. The minimum absolute atomic E-state index is 0.0297. The van der Waals surface area contributed by atoms with E-state index in [1.165, 1.54) is 6.07 Å². The van der Waals surface area contributed by atoms with Crippen molar-refractivity contribution in [3.05, 3.63) is 89.7 Å². The Balaban J connectivity index is 1.27. The topological polar surface area (TPSA) is 59.4 Å². The van der Waals surface area contributed by atoms with E-state index >= 15 is 0 Å². The highest BCUT2D eigenvalue weighted by atomic mass is 19.1. The molecule has 35 heavy (non-hydrogen) atoms. The maximum absolute atomic E-state index is 13.8. The second kappa shape index (κ2) is 10.2. The number of ether oxygens (including phenoxy) is 1. The zero-order valence-corrected chi connectivity index (χ0v) is 19.8. The van der Waals surface area contributed by atoms with Crippen molar-refractivity contribution in [2.24, 2.45) is 5.92 Å². The predicted molar refractivity (Wildman–Crippen MR) is 135 cm³/mol. The molecule has 5 rings (SSSR count). The van der Waals surface area contributed by atoms with Crippen LogP contribution in [0.5, 0.6) is 5.75 Å². The maximum atomic E-state index is 13.8.